The Morgan fingerprint density at radius 1 is 1.04 bits per heavy atom. The Labute approximate surface area is 158 Å². The number of hydrogen-bond donors (Lipinski definition) is 1. The maximum absolute atomic E-state index is 13.2. The van der Waals surface area contributed by atoms with E-state index in [1.807, 2.05) is 62.3 Å². The highest BCUT2D eigenvalue weighted by Gasteiger charge is 2.39. The lowest BCUT2D eigenvalue weighted by Gasteiger charge is -2.37. The summed E-state index contributed by atoms with van der Waals surface area (Å²) in [5, 5.41) is 11.7. The van der Waals surface area contributed by atoms with Crippen LogP contribution in [0.1, 0.15) is 30.5 Å². The lowest BCUT2D eigenvalue weighted by molar-refractivity contribution is -0.137. The minimum atomic E-state index is -4.46. The Balaban J connectivity index is 2.59. The Kier molecular flexibility index (Phi) is 6.50. The van der Waals surface area contributed by atoms with E-state index < -0.39 is 17.3 Å². The van der Waals surface area contributed by atoms with Gasteiger partial charge in [-0.3, -0.25) is 0 Å². The molecule has 27 heavy (non-hydrogen) atoms. The largest absolute Gasteiger partial charge is 0.416 e. The van der Waals surface area contributed by atoms with Crippen molar-refractivity contribution in [1.82, 2.24) is 4.90 Å². The highest BCUT2D eigenvalue weighted by atomic mass is 19.4. The fourth-order valence-electron chi connectivity index (χ4n) is 3.42. The van der Waals surface area contributed by atoms with Crippen molar-refractivity contribution >= 4 is 6.08 Å². The minimum Gasteiger partial charge on any atom is -0.380 e. The van der Waals surface area contributed by atoms with E-state index in [0.29, 0.717) is 12.1 Å². The van der Waals surface area contributed by atoms with Crippen molar-refractivity contribution in [3.05, 3.63) is 76.9 Å². The molecule has 0 bridgehead atoms. The Hall–Kier alpha value is -2.11. The van der Waals surface area contributed by atoms with Crippen LogP contribution in [0.5, 0.6) is 0 Å². The lowest BCUT2D eigenvalue weighted by Crippen LogP contribution is -2.40. The van der Waals surface area contributed by atoms with Crippen LogP contribution in [0, 0.1) is 5.92 Å². The van der Waals surface area contributed by atoms with Crippen molar-refractivity contribution < 1.29 is 18.3 Å². The van der Waals surface area contributed by atoms with Gasteiger partial charge in [-0.2, -0.15) is 13.2 Å². The molecule has 2 unspecified atom stereocenters. The monoisotopic (exact) mass is 377 g/mol. The number of benzene rings is 2. The van der Waals surface area contributed by atoms with E-state index in [1.165, 1.54) is 6.07 Å². The smallest absolute Gasteiger partial charge is 0.380 e. The van der Waals surface area contributed by atoms with Crippen molar-refractivity contribution in [3.8, 4) is 0 Å². The molecule has 1 N–H and O–H groups in total. The van der Waals surface area contributed by atoms with Gasteiger partial charge in [0.05, 0.1) is 5.56 Å². The van der Waals surface area contributed by atoms with E-state index in [9.17, 15) is 18.3 Å². The molecule has 146 valence electrons. The lowest BCUT2D eigenvalue weighted by atomic mass is 9.76. The second-order valence-electron chi connectivity index (χ2n) is 7.25. The summed E-state index contributed by atoms with van der Waals surface area (Å²) in [4.78, 5) is 1.92. The maximum Gasteiger partial charge on any atom is 0.416 e. The van der Waals surface area contributed by atoms with Crippen molar-refractivity contribution in [2.24, 2.45) is 5.92 Å². The van der Waals surface area contributed by atoms with Crippen LogP contribution in [0.25, 0.3) is 6.08 Å². The fourth-order valence-corrected chi connectivity index (χ4v) is 3.42. The van der Waals surface area contributed by atoms with Crippen molar-refractivity contribution in [3.63, 3.8) is 0 Å². The van der Waals surface area contributed by atoms with E-state index in [4.69, 9.17) is 0 Å². The van der Waals surface area contributed by atoms with Gasteiger partial charge in [-0.05, 0) is 49.9 Å². The van der Waals surface area contributed by atoms with Gasteiger partial charge in [0.15, 0.2) is 0 Å². The van der Waals surface area contributed by atoms with E-state index in [-0.39, 0.29) is 11.5 Å². The summed E-state index contributed by atoms with van der Waals surface area (Å²) in [6, 6.07) is 14.4. The molecule has 0 aromatic heterocycles. The normalized spacial score (nSPS) is 16.3. The third-order valence-corrected chi connectivity index (χ3v) is 4.77. The van der Waals surface area contributed by atoms with Gasteiger partial charge in [0.25, 0.3) is 0 Å². The second kappa shape index (κ2) is 8.28. The van der Waals surface area contributed by atoms with Crippen LogP contribution in [0.15, 0.2) is 60.2 Å². The predicted octanol–water partition coefficient (Wildman–Crippen LogP) is 5.19. The van der Waals surface area contributed by atoms with Crippen LogP contribution in [-0.2, 0) is 11.8 Å². The van der Waals surface area contributed by atoms with Gasteiger partial charge in [-0.25, -0.2) is 0 Å². The topological polar surface area (TPSA) is 23.5 Å². The molecule has 0 fully saturated rings. The molecule has 0 aliphatic heterocycles. The summed E-state index contributed by atoms with van der Waals surface area (Å²) in [5.74, 6) is -0.323. The zero-order valence-corrected chi connectivity index (χ0v) is 16.1. The summed E-state index contributed by atoms with van der Waals surface area (Å²) < 4.78 is 39.6. The molecule has 0 heterocycles. The van der Waals surface area contributed by atoms with Gasteiger partial charge in [0.2, 0.25) is 0 Å². The average Bonchev–Trinajstić information content (AvgIpc) is 2.60. The molecule has 5 heteroatoms. The molecule has 0 saturated heterocycles. The SMILES string of the molecule is C/C(=C\c1ccccc1)C(O)(c1cccc(C(F)(F)F)c1)C(C)CN(C)C. The van der Waals surface area contributed by atoms with Gasteiger partial charge in [0, 0.05) is 12.5 Å². The van der Waals surface area contributed by atoms with Gasteiger partial charge in [-0.15, -0.1) is 0 Å². The molecule has 0 radical (unpaired) electrons. The highest BCUT2D eigenvalue weighted by Crippen LogP contribution is 2.40. The number of rotatable bonds is 6. The van der Waals surface area contributed by atoms with E-state index in [1.54, 1.807) is 13.0 Å². The van der Waals surface area contributed by atoms with Crippen LogP contribution < -0.4 is 0 Å². The molecule has 2 aromatic carbocycles. The third-order valence-electron chi connectivity index (χ3n) is 4.77. The Bertz CT molecular complexity index is 784. The number of halogens is 3. The van der Waals surface area contributed by atoms with Crippen LogP contribution in [0.4, 0.5) is 13.2 Å². The number of nitrogens with zero attached hydrogens (tertiary/aromatic N) is 1. The number of alkyl halides is 3. The van der Waals surface area contributed by atoms with Gasteiger partial charge >= 0.3 is 6.18 Å². The van der Waals surface area contributed by atoms with Gasteiger partial charge < -0.3 is 10.0 Å². The molecule has 0 spiro atoms. The van der Waals surface area contributed by atoms with Gasteiger partial charge in [0.1, 0.15) is 5.60 Å². The summed E-state index contributed by atoms with van der Waals surface area (Å²) >= 11 is 0. The molecular formula is C22H26F3NO. The zero-order chi connectivity index (χ0) is 20.2. The predicted molar refractivity (Wildman–Crippen MR) is 103 cm³/mol. The molecule has 0 aliphatic carbocycles. The Morgan fingerprint density at radius 2 is 1.63 bits per heavy atom. The van der Waals surface area contributed by atoms with Crippen LogP contribution in [-0.4, -0.2) is 30.6 Å². The van der Waals surface area contributed by atoms with E-state index in [2.05, 4.69) is 0 Å². The third kappa shape index (κ3) is 4.99. The first kappa shape index (κ1) is 21.2. The standard InChI is InChI=1S/C22H26F3NO/c1-16(13-18-9-6-5-7-10-18)21(27,17(2)15-26(3)4)19-11-8-12-20(14-19)22(23,24)25/h5-14,17,27H,15H2,1-4H3/b16-13+. The molecular weight excluding hydrogens is 351 g/mol. The first-order valence-electron chi connectivity index (χ1n) is 8.83. The van der Waals surface area contributed by atoms with Crippen LogP contribution in [0.3, 0.4) is 0 Å². The number of hydrogen-bond acceptors (Lipinski definition) is 2. The zero-order valence-electron chi connectivity index (χ0n) is 16.1. The summed E-state index contributed by atoms with van der Waals surface area (Å²) in [5.41, 5.74) is -0.555. The number of aliphatic hydroxyl groups is 1. The maximum atomic E-state index is 13.2. The second-order valence-corrected chi connectivity index (χ2v) is 7.25. The van der Waals surface area contributed by atoms with Crippen LogP contribution in [0.2, 0.25) is 0 Å². The van der Waals surface area contributed by atoms with Crippen molar-refractivity contribution in [2.75, 3.05) is 20.6 Å². The van der Waals surface area contributed by atoms with Crippen LogP contribution >= 0.6 is 0 Å². The summed E-state index contributed by atoms with van der Waals surface area (Å²) in [7, 11) is 3.75. The minimum absolute atomic E-state index is 0.247. The van der Waals surface area contributed by atoms with E-state index in [0.717, 1.165) is 17.7 Å². The fraction of sp³-hybridized carbons (Fsp3) is 0.364. The van der Waals surface area contributed by atoms with E-state index >= 15 is 0 Å². The average molecular weight is 377 g/mol. The summed E-state index contributed by atoms with van der Waals surface area (Å²) in [6.07, 6.45) is -2.63. The molecule has 2 aromatic rings. The molecule has 0 aliphatic rings. The molecule has 2 atom stereocenters. The van der Waals surface area contributed by atoms with Crippen molar-refractivity contribution in [1.29, 1.82) is 0 Å². The van der Waals surface area contributed by atoms with Crippen molar-refractivity contribution in [2.45, 2.75) is 25.6 Å². The Morgan fingerprint density at radius 3 is 2.19 bits per heavy atom. The molecule has 0 saturated carbocycles. The van der Waals surface area contributed by atoms with Gasteiger partial charge in [-0.1, -0.05) is 55.5 Å². The quantitative estimate of drug-likeness (QED) is 0.748. The highest BCUT2D eigenvalue weighted by molar-refractivity contribution is 5.56. The molecule has 2 nitrogen and oxygen atoms in total. The molecule has 2 rings (SSSR count). The molecule has 0 amide bonds. The first-order chi connectivity index (χ1) is 12.5. The first-order valence-corrected chi connectivity index (χ1v) is 8.83. The summed E-state index contributed by atoms with van der Waals surface area (Å²) in [6.45, 7) is 4.13.